The van der Waals surface area contributed by atoms with Crippen LogP contribution in [-0.4, -0.2) is 28.9 Å². The van der Waals surface area contributed by atoms with Gasteiger partial charge in [0.2, 0.25) is 5.91 Å². The van der Waals surface area contributed by atoms with Crippen molar-refractivity contribution < 1.29 is 19.1 Å². The molecule has 1 aliphatic rings. The number of aliphatic carboxylic acids is 1. The zero-order valence-corrected chi connectivity index (χ0v) is 11.5. The Kier molecular flexibility index (Phi) is 3.75. The normalized spacial score (nSPS) is 25.0. The Morgan fingerprint density at radius 3 is 2.89 bits per heavy atom. The molecule has 18 heavy (non-hydrogen) atoms. The van der Waals surface area contributed by atoms with E-state index >= 15 is 0 Å². The van der Waals surface area contributed by atoms with Gasteiger partial charge in [-0.2, -0.15) is 0 Å². The minimum Gasteiger partial charge on any atom is -0.481 e. The van der Waals surface area contributed by atoms with Gasteiger partial charge in [0.05, 0.1) is 16.7 Å². The number of rotatable bonds is 2. The summed E-state index contributed by atoms with van der Waals surface area (Å²) >= 11 is 3.33. The molecule has 1 aliphatic heterocycles. The molecule has 5 nitrogen and oxygen atoms in total. The van der Waals surface area contributed by atoms with Crippen LogP contribution in [0.15, 0.2) is 21.2 Å². The van der Waals surface area contributed by atoms with Crippen molar-refractivity contribution in [1.29, 1.82) is 0 Å². The number of halogens is 1. The Morgan fingerprint density at radius 1 is 1.61 bits per heavy atom. The number of carboxylic acids is 1. The molecule has 1 saturated heterocycles. The number of hydrogen-bond donors (Lipinski definition) is 1. The summed E-state index contributed by atoms with van der Waals surface area (Å²) in [4.78, 5) is 24.7. The van der Waals surface area contributed by atoms with E-state index in [0.717, 1.165) is 0 Å². The van der Waals surface area contributed by atoms with Crippen LogP contribution in [0.3, 0.4) is 0 Å². The summed E-state index contributed by atoms with van der Waals surface area (Å²) in [5, 5.41) is 9.33. The first kappa shape index (κ1) is 13.1. The lowest BCUT2D eigenvalue weighted by Gasteiger charge is -2.28. The SMILES string of the molecule is CN1C(=O)CCCC(C(=O)O)C1c1occc1Br. The monoisotopic (exact) mass is 315 g/mol. The number of furan rings is 1. The first-order valence-electron chi connectivity index (χ1n) is 5.73. The Morgan fingerprint density at radius 2 is 2.33 bits per heavy atom. The molecule has 0 saturated carbocycles. The minimum atomic E-state index is -0.898. The van der Waals surface area contributed by atoms with Crippen molar-refractivity contribution in [1.82, 2.24) is 4.90 Å². The molecule has 98 valence electrons. The molecule has 1 fully saturated rings. The first-order chi connectivity index (χ1) is 8.52. The molecule has 0 aliphatic carbocycles. The first-order valence-corrected chi connectivity index (χ1v) is 6.53. The average molecular weight is 316 g/mol. The molecule has 6 heteroatoms. The number of hydrogen-bond acceptors (Lipinski definition) is 3. The fraction of sp³-hybridized carbons (Fsp3) is 0.500. The summed E-state index contributed by atoms with van der Waals surface area (Å²) in [6.07, 6.45) is 2.94. The standard InChI is InChI=1S/C12H14BrNO4/c1-14-9(15)4-2-3-7(12(16)17)10(14)11-8(13)5-6-18-11/h5-7,10H,2-4H2,1H3,(H,16,17). The lowest BCUT2D eigenvalue weighted by Crippen LogP contribution is -2.36. The van der Waals surface area contributed by atoms with Crippen molar-refractivity contribution in [2.75, 3.05) is 7.05 Å². The highest BCUT2D eigenvalue weighted by Gasteiger charge is 2.39. The number of likely N-dealkylation sites (tertiary alicyclic amines) is 1. The minimum absolute atomic E-state index is 0.0490. The van der Waals surface area contributed by atoms with Gasteiger partial charge in [-0.05, 0) is 34.8 Å². The fourth-order valence-corrected chi connectivity index (χ4v) is 2.80. The molecule has 0 aromatic carbocycles. The Bertz CT molecular complexity index is 470. The van der Waals surface area contributed by atoms with Crippen LogP contribution in [-0.2, 0) is 9.59 Å². The van der Waals surface area contributed by atoms with Crippen molar-refractivity contribution in [3.8, 4) is 0 Å². The maximum absolute atomic E-state index is 11.9. The summed E-state index contributed by atoms with van der Waals surface area (Å²) in [5.74, 6) is -1.08. The third kappa shape index (κ3) is 2.29. The highest BCUT2D eigenvalue weighted by atomic mass is 79.9. The van der Waals surface area contributed by atoms with Crippen molar-refractivity contribution in [2.45, 2.75) is 25.3 Å². The predicted molar refractivity (Wildman–Crippen MR) is 66.9 cm³/mol. The van der Waals surface area contributed by atoms with Crippen LogP contribution in [0.4, 0.5) is 0 Å². The predicted octanol–water partition coefficient (Wildman–Crippen LogP) is 2.43. The Labute approximate surface area is 113 Å². The van der Waals surface area contributed by atoms with Crippen LogP contribution in [0.1, 0.15) is 31.1 Å². The number of amides is 1. The lowest BCUT2D eigenvalue weighted by molar-refractivity contribution is -0.145. The maximum atomic E-state index is 11.9. The molecule has 2 atom stereocenters. The third-order valence-corrected chi connectivity index (χ3v) is 3.98. The molecule has 0 radical (unpaired) electrons. The molecule has 1 aromatic heterocycles. The topological polar surface area (TPSA) is 70.8 Å². The van der Waals surface area contributed by atoms with Gasteiger partial charge in [-0.3, -0.25) is 9.59 Å². The van der Waals surface area contributed by atoms with Gasteiger partial charge >= 0.3 is 5.97 Å². The smallest absolute Gasteiger partial charge is 0.309 e. The average Bonchev–Trinajstić information content (AvgIpc) is 2.66. The zero-order valence-electron chi connectivity index (χ0n) is 9.93. The van der Waals surface area contributed by atoms with Gasteiger partial charge in [-0.1, -0.05) is 0 Å². The summed E-state index contributed by atoms with van der Waals surface area (Å²) < 4.78 is 6.05. The molecular formula is C12H14BrNO4. The number of nitrogens with zero attached hydrogens (tertiary/aromatic N) is 1. The van der Waals surface area contributed by atoms with Gasteiger partial charge in [0.25, 0.3) is 0 Å². The molecular weight excluding hydrogens is 302 g/mol. The van der Waals surface area contributed by atoms with Crippen molar-refractivity contribution in [3.63, 3.8) is 0 Å². The summed E-state index contributed by atoms with van der Waals surface area (Å²) in [7, 11) is 1.63. The van der Waals surface area contributed by atoms with E-state index in [0.29, 0.717) is 29.5 Å². The van der Waals surface area contributed by atoms with Crippen LogP contribution in [0, 0.1) is 5.92 Å². The van der Waals surface area contributed by atoms with Gasteiger partial charge in [0.1, 0.15) is 11.8 Å². The second-order valence-corrected chi connectivity index (χ2v) is 5.27. The van der Waals surface area contributed by atoms with E-state index in [1.807, 2.05) is 0 Å². The largest absolute Gasteiger partial charge is 0.481 e. The summed E-state index contributed by atoms with van der Waals surface area (Å²) in [5.41, 5.74) is 0. The zero-order chi connectivity index (χ0) is 13.3. The number of carbonyl (C=O) groups is 2. The molecule has 1 amide bonds. The van der Waals surface area contributed by atoms with Gasteiger partial charge in [-0.25, -0.2) is 0 Å². The molecule has 2 rings (SSSR count). The van der Waals surface area contributed by atoms with Crippen LogP contribution < -0.4 is 0 Å². The van der Waals surface area contributed by atoms with Crippen LogP contribution in [0.2, 0.25) is 0 Å². The van der Waals surface area contributed by atoms with E-state index in [9.17, 15) is 14.7 Å². The lowest BCUT2D eigenvalue weighted by atomic mass is 9.93. The van der Waals surface area contributed by atoms with Crippen molar-refractivity contribution in [3.05, 3.63) is 22.6 Å². The molecule has 0 spiro atoms. The second kappa shape index (κ2) is 5.14. The van der Waals surface area contributed by atoms with Gasteiger partial charge < -0.3 is 14.4 Å². The quantitative estimate of drug-likeness (QED) is 0.909. The maximum Gasteiger partial charge on any atom is 0.309 e. The van der Waals surface area contributed by atoms with E-state index in [2.05, 4.69) is 15.9 Å². The molecule has 0 bridgehead atoms. The molecule has 1 aromatic rings. The van der Waals surface area contributed by atoms with E-state index in [1.165, 1.54) is 11.2 Å². The number of carbonyl (C=O) groups excluding carboxylic acids is 1. The number of carboxylic acid groups (broad SMARTS) is 1. The van der Waals surface area contributed by atoms with Crippen LogP contribution in [0.25, 0.3) is 0 Å². The van der Waals surface area contributed by atoms with E-state index in [1.54, 1.807) is 13.1 Å². The van der Waals surface area contributed by atoms with Crippen molar-refractivity contribution >= 4 is 27.8 Å². The van der Waals surface area contributed by atoms with E-state index in [4.69, 9.17) is 4.42 Å². The summed E-state index contributed by atoms with van der Waals surface area (Å²) in [6.45, 7) is 0. The summed E-state index contributed by atoms with van der Waals surface area (Å²) in [6, 6.07) is 1.15. The van der Waals surface area contributed by atoms with Crippen molar-refractivity contribution in [2.24, 2.45) is 5.92 Å². The van der Waals surface area contributed by atoms with Crippen LogP contribution >= 0.6 is 15.9 Å². The Hall–Kier alpha value is -1.30. The highest BCUT2D eigenvalue weighted by molar-refractivity contribution is 9.10. The third-order valence-electron chi connectivity index (χ3n) is 3.33. The van der Waals surface area contributed by atoms with Gasteiger partial charge in [0.15, 0.2) is 0 Å². The molecule has 2 unspecified atom stereocenters. The fourth-order valence-electron chi connectivity index (χ4n) is 2.37. The second-order valence-electron chi connectivity index (χ2n) is 4.42. The van der Waals surface area contributed by atoms with Crippen LogP contribution in [0.5, 0.6) is 0 Å². The highest BCUT2D eigenvalue weighted by Crippen LogP contribution is 2.38. The van der Waals surface area contributed by atoms with E-state index in [-0.39, 0.29) is 5.91 Å². The molecule has 2 heterocycles. The Balaban J connectivity index is 2.44. The van der Waals surface area contributed by atoms with Gasteiger partial charge in [0, 0.05) is 13.5 Å². The van der Waals surface area contributed by atoms with E-state index < -0.39 is 17.9 Å². The van der Waals surface area contributed by atoms with Gasteiger partial charge in [-0.15, -0.1) is 0 Å². The molecule has 1 N–H and O–H groups in total.